The number of aliphatic hydroxyl groups is 3. The average Bonchev–Trinajstić information content (AvgIpc) is 3.11. The van der Waals surface area contributed by atoms with Crippen molar-refractivity contribution < 1.29 is 30.0 Å². The van der Waals surface area contributed by atoms with Gasteiger partial charge in [-0.05, 0) is 97.7 Å². The molecule has 0 aromatic rings. The molecular weight excluding hydrogens is 422 g/mol. The summed E-state index contributed by atoms with van der Waals surface area (Å²) in [7, 11) is 0. The molecule has 11 atom stereocenters. The van der Waals surface area contributed by atoms with Crippen molar-refractivity contribution in [2.75, 3.05) is 6.54 Å². The maximum atomic E-state index is 12.0. The van der Waals surface area contributed by atoms with Crippen molar-refractivity contribution in [2.24, 2.45) is 46.3 Å². The number of hydrogen-bond acceptors (Lipinski definition) is 5. The van der Waals surface area contributed by atoms with E-state index in [0.29, 0.717) is 25.2 Å². The van der Waals surface area contributed by atoms with Gasteiger partial charge in [-0.2, -0.15) is 0 Å². The Balaban J connectivity index is 1.49. The largest absolute Gasteiger partial charge is 0.480 e. The SMILES string of the molecule is C[C@H](CCC(=O)NCC(=O)O)C1CC[C@H]2[C@H]3C(C[C@H](O)[C@]12C)[C@@]1(C)CC[C@@H](O)C[C@H]1C[C@H]3O. The predicted octanol–water partition coefficient (Wildman–Crippen LogP) is 2.56. The molecule has 0 radical (unpaired) electrons. The number of hydrogen-bond donors (Lipinski definition) is 5. The average molecular weight is 466 g/mol. The summed E-state index contributed by atoms with van der Waals surface area (Å²) < 4.78 is 0. The van der Waals surface area contributed by atoms with E-state index in [9.17, 15) is 24.9 Å². The van der Waals surface area contributed by atoms with E-state index in [1.54, 1.807) is 0 Å². The zero-order valence-electron chi connectivity index (χ0n) is 20.4. The highest BCUT2D eigenvalue weighted by molar-refractivity contribution is 5.81. The summed E-state index contributed by atoms with van der Waals surface area (Å²) in [5.41, 5.74) is -0.214. The van der Waals surface area contributed by atoms with Gasteiger partial charge in [-0.15, -0.1) is 0 Å². The first-order valence-electron chi connectivity index (χ1n) is 13.0. The topological polar surface area (TPSA) is 127 Å². The fourth-order valence-electron chi connectivity index (χ4n) is 8.95. The number of carbonyl (C=O) groups is 2. The summed E-state index contributed by atoms with van der Waals surface area (Å²) in [5.74, 6) is 0.265. The third kappa shape index (κ3) is 4.23. The van der Waals surface area contributed by atoms with Gasteiger partial charge in [-0.1, -0.05) is 20.8 Å². The monoisotopic (exact) mass is 465 g/mol. The molecule has 0 aromatic carbocycles. The Kier molecular flexibility index (Phi) is 6.89. The third-order valence-corrected chi connectivity index (χ3v) is 10.8. The second-order valence-corrected chi connectivity index (χ2v) is 12.2. The molecule has 4 rings (SSSR count). The van der Waals surface area contributed by atoms with Crippen LogP contribution in [0.3, 0.4) is 0 Å². The van der Waals surface area contributed by atoms with Crippen LogP contribution >= 0.6 is 0 Å². The second kappa shape index (κ2) is 9.12. The van der Waals surface area contributed by atoms with Gasteiger partial charge in [0.15, 0.2) is 0 Å². The minimum Gasteiger partial charge on any atom is -0.480 e. The smallest absolute Gasteiger partial charge is 0.322 e. The van der Waals surface area contributed by atoms with Crippen molar-refractivity contribution in [2.45, 2.75) is 96.9 Å². The van der Waals surface area contributed by atoms with Crippen LogP contribution in [0.25, 0.3) is 0 Å². The Morgan fingerprint density at radius 2 is 1.76 bits per heavy atom. The molecule has 4 fully saturated rings. The fourth-order valence-corrected chi connectivity index (χ4v) is 8.95. The molecule has 4 aliphatic carbocycles. The minimum atomic E-state index is -1.04. The molecule has 0 saturated heterocycles. The summed E-state index contributed by atoms with van der Waals surface area (Å²) >= 11 is 0. The zero-order chi connectivity index (χ0) is 24.1. The Morgan fingerprint density at radius 1 is 1.03 bits per heavy atom. The van der Waals surface area contributed by atoms with E-state index >= 15 is 0 Å². The van der Waals surface area contributed by atoms with Crippen molar-refractivity contribution in [1.82, 2.24) is 5.32 Å². The van der Waals surface area contributed by atoms with Crippen LogP contribution in [0.5, 0.6) is 0 Å². The Bertz CT molecular complexity index is 759. The quantitative estimate of drug-likeness (QED) is 0.410. The van der Waals surface area contributed by atoms with E-state index in [4.69, 9.17) is 5.11 Å². The molecule has 0 aliphatic heterocycles. The van der Waals surface area contributed by atoms with E-state index < -0.39 is 12.1 Å². The van der Waals surface area contributed by atoms with E-state index in [0.717, 1.165) is 38.5 Å². The molecule has 7 heteroatoms. The lowest BCUT2D eigenvalue weighted by molar-refractivity contribution is -0.207. The minimum absolute atomic E-state index is 0.0668. The van der Waals surface area contributed by atoms with E-state index in [1.165, 1.54) is 0 Å². The summed E-state index contributed by atoms with van der Waals surface area (Å²) in [5, 5.41) is 44.4. The number of fused-ring (bicyclic) bond motifs is 5. The van der Waals surface area contributed by atoms with E-state index in [-0.39, 0.29) is 65.1 Å². The predicted molar refractivity (Wildman–Crippen MR) is 123 cm³/mol. The molecule has 0 bridgehead atoms. The Labute approximate surface area is 197 Å². The molecule has 5 N–H and O–H groups in total. The molecule has 0 aromatic heterocycles. The third-order valence-electron chi connectivity index (χ3n) is 10.8. The molecule has 4 aliphatic rings. The standard InChI is InChI=1S/C26H43NO6/c1-14(4-7-22(31)27-13-23(32)33)17-5-6-18-24-19(12-21(30)26(17,18)3)25(2)9-8-16(28)10-15(25)11-20(24)29/h14-21,24,28-30H,4-13H2,1-3H3,(H,27,31)(H,32,33)/t14-,15+,16-,17?,18+,19?,20-,21+,24+,25+,26-/m1/s1. The molecule has 188 valence electrons. The highest BCUT2D eigenvalue weighted by atomic mass is 16.4. The molecule has 7 nitrogen and oxygen atoms in total. The van der Waals surface area contributed by atoms with Crippen molar-refractivity contribution in [1.29, 1.82) is 0 Å². The highest BCUT2D eigenvalue weighted by Crippen LogP contribution is 2.68. The first-order chi connectivity index (χ1) is 15.5. The summed E-state index contributed by atoms with van der Waals surface area (Å²) in [6, 6.07) is 0. The van der Waals surface area contributed by atoms with Gasteiger partial charge in [0.05, 0.1) is 18.3 Å². The van der Waals surface area contributed by atoms with Crippen LogP contribution < -0.4 is 5.32 Å². The van der Waals surface area contributed by atoms with Crippen LogP contribution in [0.1, 0.15) is 78.6 Å². The van der Waals surface area contributed by atoms with Crippen LogP contribution in [0, 0.1) is 46.3 Å². The van der Waals surface area contributed by atoms with Crippen LogP contribution in [0.15, 0.2) is 0 Å². The maximum Gasteiger partial charge on any atom is 0.322 e. The summed E-state index contributed by atoms with van der Waals surface area (Å²) in [6.45, 7) is 6.35. The van der Waals surface area contributed by atoms with Gasteiger partial charge in [-0.25, -0.2) is 0 Å². The summed E-state index contributed by atoms with van der Waals surface area (Å²) in [6.07, 6.45) is 5.86. The Hall–Kier alpha value is -1.18. The molecule has 1 amide bonds. The molecular formula is C26H43NO6. The van der Waals surface area contributed by atoms with Gasteiger partial charge in [0.2, 0.25) is 5.91 Å². The van der Waals surface area contributed by atoms with Crippen LogP contribution in [0.2, 0.25) is 0 Å². The first-order valence-corrected chi connectivity index (χ1v) is 13.0. The van der Waals surface area contributed by atoms with Gasteiger partial charge in [0.1, 0.15) is 6.54 Å². The molecule has 0 spiro atoms. The number of rotatable bonds is 6. The van der Waals surface area contributed by atoms with Crippen molar-refractivity contribution >= 4 is 11.9 Å². The highest BCUT2D eigenvalue weighted by Gasteiger charge is 2.65. The number of carboxylic acids is 1. The Morgan fingerprint density at radius 3 is 2.45 bits per heavy atom. The number of nitrogens with one attached hydrogen (secondary N) is 1. The number of aliphatic hydroxyl groups excluding tert-OH is 3. The van der Waals surface area contributed by atoms with Crippen molar-refractivity contribution in [3.8, 4) is 0 Å². The normalized spacial score (nSPS) is 47.7. The van der Waals surface area contributed by atoms with Crippen molar-refractivity contribution in [3.05, 3.63) is 0 Å². The van der Waals surface area contributed by atoms with Gasteiger partial charge < -0.3 is 25.7 Å². The van der Waals surface area contributed by atoms with E-state index in [2.05, 4.69) is 26.1 Å². The van der Waals surface area contributed by atoms with Gasteiger partial charge in [0.25, 0.3) is 0 Å². The zero-order valence-corrected chi connectivity index (χ0v) is 20.4. The number of carboxylic acid groups (broad SMARTS) is 1. The molecule has 0 heterocycles. The first kappa shape index (κ1) is 24.9. The van der Waals surface area contributed by atoms with Gasteiger partial charge >= 0.3 is 5.97 Å². The van der Waals surface area contributed by atoms with Crippen LogP contribution in [0.4, 0.5) is 0 Å². The molecule has 33 heavy (non-hydrogen) atoms. The van der Waals surface area contributed by atoms with Crippen molar-refractivity contribution in [3.63, 3.8) is 0 Å². The lowest BCUT2D eigenvalue weighted by Gasteiger charge is -2.63. The van der Waals surface area contributed by atoms with Crippen LogP contribution in [-0.4, -0.2) is 57.2 Å². The lowest BCUT2D eigenvalue weighted by Crippen LogP contribution is -2.62. The fraction of sp³-hybridized carbons (Fsp3) is 0.923. The number of aliphatic carboxylic acids is 1. The second-order valence-electron chi connectivity index (χ2n) is 12.2. The molecule has 4 saturated carbocycles. The van der Waals surface area contributed by atoms with E-state index in [1.807, 2.05) is 0 Å². The van der Waals surface area contributed by atoms with Gasteiger partial charge in [-0.3, -0.25) is 9.59 Å². The summed E-state index contributed by atoms with van der Waals surface area (Å²) in [4.78, 5) is 22.7. The number of amides is 1. The van der Waals surface area contributed by atoms with Crippen LogP contribution in [-0.2, 0) is 9.59 Å². The van der Waals surface area contributed by atoms with Gasteiger partial charge in [0, 0.05) is 6.42 Å². The lowest BCUT2D eigenvalue weighted by atomic mass is 9.43. The number of carbonyl (C=O) groups excluding carboxylic acids is 1. The maximum absolute atomic E-state index is 12.0. The molecule has 2 unspecified atom stereocenters.